The van der Waals surface area contributed by atoms with Gasteiger partial charge in [-0.05, 0) is 98.1 Å². The first-order chi connectivity index (χ1) is 22.0. The van der Waals surface area contributed by atoms with Crippen LogP contribution in [-0.4, -0.2) is 41.2 Å². The van der Waals surface area contributed by atoms with Gasteiger partial charge in [0.1, 0.15) is 36.0 Å². The first-order valence-corrected chi connectivity index (χ1v) is 16.1. The Morgan fingerprint density at radius 1 is 1.00 bits per heavy atom. The van der Waals surface area contributed by atoms with Crippen molar-refractivity contribution in [2.24, 2.45) is 0 Å². The fourth-order valence-electron chi connectivity index (χ4n) is 6.40. The van der Waals surface area contributed by atoms with Crippen LogP contribution in [0.4, 0.5) is 0 Å². The van der Waals surface area contributed by atoms with Gasteiger partial charge in [-0.25, -0.2) is 0 Å². The summed E-state index contributed by atoms with van der Waals surface area (Å²) in [5, 5.41) is 19.6. The molecule has 1 aliphatic heterocycles. The van der Waals surface area contributed by atoms with Gasteiger partial charge in [-0.3, -0.25) is 4.98 Å². The van der Waals surface area contributed by atoms with Crippen LogP contribution in [0, 0.1) is 18.3 Å². The van der Waals surface area contributed by atoms with Gasteiger partial charge in [0.2, 0.25) is 0 Å². The average molecular weight is 624 g/mol. The summed E-state index contributed by atoms with van der Waals surface area (Å²) in [5.41, 5.74) is 7.72. The van der Waals surface area contributed by atoms with Gasteiger partial charge in [0.15, 0.2) is 0 Å². The molecule has 1 aliphatic carbocycles. The highest BCUT2D eigenvalue weighted by Crippen LogP contribution is 2.44. The highest BCUT2D eigenvalue weighted by molar-refractivity contribution is 6.32. The lowest BCUT2D eigenvalue weighted by Crippen LogP contribution is -2.22. The van der Waals surface area contributed by atoms with E-state index in [0.717, 1.165) is 48.2 Å². The molecule has 4 aromatic rings. The van der Waals surface area contributed by atoms with Gasteiger partial charge < -0.3 is 24.2 Å². The summed E-state index contributed by atoms with van der Waals surface area (Å²) in [7, 11) is 0. The van der Waals surface area contributed by atoms with E-state index in [9.17, 15) is 10.4 Å². The second-order valence-corrected chi connectivity index (χ2v) is 12.1. The molecule has 0 bridgehead atoms. The summed E-state index contributed by atoms with van der Waals surface area (Å²) < 4.78 is 18.8. The summed E-state index contributed by atoms with van der Waals surface area (Å²) in [5.74, 6) is 1.91. The van der Waals surface area contributed by atoms with Crippen LogP contribution in [0.2, 0.25) is 5.02 Å². The topological polar surface area (TPSA) is 87.8 Å². The van der Waals surface area contributed by atoms with Crippen LogP contribution < -0.4 is 14.2 Å². The standard InChI is InChI=1S/C37H38ClN3O4/c1-25-29(7-5-10-34(25)43-16-6-15-41-13-2-3-14-41)30-8-4-9-32-31(30)11-12-35(32)45-37-19-36(28(23-42)18-33(37)38)44-24-27-17-26(20-39)21-40-22-27/h4-5,7-10,17-19,21-22,35,42H,2-3,6,11-16,23-24H2,1H3. The molecule has 1 saturated heterocycles. The van der Waals surface area contributed by atoms with E-state index < -0.39 is 0 Å². The number of likely N-dealkylation sites (tertiary alicyclic amines) is 1. The predicted octanol–water partition coefficient (Wildman–Crippen LogP) is 7.58. The average Bonchev–Trinajstić information content (AvgIpc) is 3.74. The number of rotatable bonds is 12. The third kappa shape index (κ3) is 7.10. The fourth-order valence-corrected chi connectivity index (χ4v) is 6.63. The van der Waals surface area contributed by atoms with E-state index in [4.69, 9.17) is 25.8 Å². The molecule has 0 amide bonds. The van der Waals surface area contributed by atoms with Crippen LogP contribution in [0.15, 0.2) is 67.0 Å². The van der Waals surface area contributed by atoms with Crippen molar-refractivity contribution in [1.82, 2.24) is 9.88 Å². The fraction of sp³-hybridized carbons (Fsp3) is 0.351. The minimum atomic E-state index is -0.234. The lowest BCUT2D eigenvalue weighted by atomic mass is 9.93. The lowest BCUT2D eigenvalue weighted by molar-refractivity contribution is 0.205. The number of nitriles is 1. The SMILES string of the molecule is Cc1c(OCCCN2CCCC2)cccc1-c1cccc2c1CCC2Oc1cc(OCc2cncc(C#N)c2)c(CO)cc1Cl. The minimum Gasteiger partial charge on any atom is -0.493 e. The van der Waals surface area contributed by atoms with E-state index in [1.165, 1.54) is 48.8 Å². The van der Waals surface area contributed by atoms with Gasteiger partial charge in [-0.15, -0.1) is 0 Å². The normalized spacial score (nSPS) is 15.9. The maximum atomic E-state index is 9.97. The van der Waals surface area contributed by atoms with Crippen molar-refractivity contribution in [1.29, 1.82) is 5.26 Å². The van der Waals surface area contributed by atoms with Crippen molar-refractivity contribution in [3.8, 4) is 34.4 Å². The van der Waals surface area contributed by atoms with Crippen molar-refractivity contribution in [2.75, 3.05) is 26.2 Å². The number of ether oxygens (including phenoxy) is 3. The first kappa shape index (κ1) is 30.9. The largest absolute Gasteiger partial charge is 0.493 e. The minimum absolute atomic E-state index is 0.174. The van der Waals surface area contributed by atoms with Gasteiger partial charge in [0.25, 0.3) is 0 Å². The monoisotopic (exact) mass is 623 g/mol. The Balaban J connectivity index is 1.18. The van der Waals surface area contributed by atoms with E-state index >= 15 is 0 Å². The zero-order valence-electron chi connectivity index (χ0n) is 25.6. The summed E-state index contributed by atoms with van der Waals surface area (Å²) in [6.45, 7) is 6.34. The number of nitrogens with zero attached hydrogens (tertiary/aromatic N) is 3. The molecule has 232 valence electrons. The van der Waals surface area contributed by atoms with E-state index in [0.29, 0.717) is 34.3 Å². The van der Waals surface area contributed by atoms with Crippen molar-refractivity contribution in [3.63, 3.8) is 0 Å². The molecule has 1 N–H and O–H groups in total. The second kappa shape index (κ2) is 14.3. The highest BCUT2D eigenvalue weighted by Gasteiger charge is 2.28. The summed E-state index contributed by atoms with van der Waals surface area (Å²) >= 11 is 6.64. The Labute approximate surface area is 270 Å². The van der Waals surface area contributed by atoms with E-state index in [-0.39, 0.29) is 19.3 Å². The van der Waals surface area contributed by atoms with Crippen LogP contribution in [0.5, 0.6) is 17.2 Å². The van der Waals surface area contributed by atoms with E-state index in [2.05, 4.69) is 59.3 Å². The third-order valence-corrected chi connectivity index (χ3v) is 9.03. The number of hydrogen-bond donors (Lipinski definition) is 1. The third-order valence-electron chi connectivity index (χ3n) is 8.74. The number of halogens is 1. The molecule has 8 heteroatoms. The van der Waals surface area contributed by atoms with Crippen molar-refractivity contribution < 1.29 is 19.3 Å². The highest BCUT2D eigenvalue weighted by atomic mass is 35.5. The molecule has 45 heavy (non-hydrogen) atoms. The lowest BCUT2D eigenvalue weighted by Gasteiger charge is -2.20. The molecule has 1 fully saturated rings. The van der Waals surface area contributed by atoms with Gasteiger partial charge >= 0.3 is 0 Å². The van der Waals surface area contributed by atoms with Crippen LogP contribution in [0.1, 0.15) is 65.2 Å². The Bertz CT molecular complexity index is 1700. The molecular formula is C37H38ClN3O4. The van der Waals surface area contributed by atoms with Crippen molar-refractivity contribution in [2.45, 2.75) is 58.3 Å². The molecule has 0 radical (unpaired) electrons. The smallest absolute Gasteiger partial charge is 0.142 e. The van der Waals surface area contributed by atoms with Crippen LogP contribution >= 0.6 is 11.6 Å². The summed E-state index contributed by atoms with van der Waals surface area (Å²) in [4.78, 5) is 6.62. The molecule has 3 aromatic carbocycles. The maximum Gasteiger partial charge on any atom is 0.142 e. The molecule has 1 unspecified atom stereocenters. The van der Waals surface area contributed by atoms with Gasteiger partial charge in [0.05, 0.1) is 23.8 Å². The molecule has 0 saturated carbocycles. The molecular weight excluding hydrogens is 586 g/mol. The number of benzene rings is 3. The summed E-state index contributed by atoms with van der Waals surface area (Å²) in [6.07, 6.45) is 8.34. The Kier molecular flexibility index (Phi) is 9.85. The second-order valence-electron chi connectivity index (χ2n) is 11.7. The summed E-state index contributed by atoms with van der Waals surface area (Å²) in [6, 6.07) is 20.0. The van der Waals surface area contributed by atoms with Crippen LogP contribution in [-0.2, 0) is 19.6 Å². The van der Waals surface area contributed by atoms with Gasteiger partial charge in [0, 0.05) is 36.1 Å². The van der Waals surface area contributed by atoms with Gasteiger partial charge in [-0.2, -0.15) is 5.26 Å². The number of fused-ring (bicyclic) bond motifs is 1. The predicted molar refractivity (Wildman–Crippen MR) is 175 cm³/mol. The number of pyridine rings is 1. The maximum absolute atomic E-state index is 9.97. The zero-order valence-corrected chi connectivity index (χ0v) is 26.4. The Morgan fingerprint density at radius 2 is 1.82 bits per heavy atom. The van der Waals surface area contributed by atoms with E-state index in [1.54, 1.807) is 24.4 Å². The Hall–Kier alpha value is -4.09. The zero-order chi connectivity index (χ0) is 31.2. The molecule has 2 aliphatic rings. The van der Waals surface area contributed by atoms with Crippen LogP contribution in [0.3, 0.4) is 0 Å². The van der Waals surface area contributed by atoms with Gasteiger partial charge in [-0.1, -0.05) is 41.9 Å². The molecule has 1 aromatic heterocycles. The molecule has 1 atom stereocenters. The number of aromatic nitrogens is 1. The van der Waals surface area contributed by atoms with Crippen LogP contribution in [0.25, 0.3) is 11.1 Å². The number of hydrogen-bond acceptors (Lipinski definition) is 7. The number of aliphatic hydroxyl groups is 1. The quantitative estimate of drug-likeness (QED) is 0.163. The molecule has 7 nitrogen and oxygen atoms in total. The van der Waals surface area contributed by atoms with Crippen molar-refractivity contribution in [3.05, 3.63) is 105 Å². The Morgan fingerprint density at radius 3 is 2.64 bits per heavy atom. The molecule has 0 spiro atoms. The van der Waals surface area contributed by atoms with E-state index in [1.807, 2.05) is 0 Å². The molecule has 2 heterocycles. The van der Waals surface area contributed by atoms with Crippen molar-refractivity contribution >= 4 is 11.6 Å². The molecule has 6 rings (SSSR count). The first-order valence-electron chi connectivity index (χ1n) is 15.7. The number of aliphatic hydroxyl groups excluding tert-OH is 1.